The molecule has 1 nitrogen and oxygen atoms in total. The fourth-order valence-electron chi connectivity index (χ4n) is 3.06. The largest absolute Gasteiger partial charge is 0.330 e. The lowest BCUT2D eigenvalue weighted by molar-refractivity contribution is 0.201. The van der Waals surface area contributed by atoms with Crippen LogP contribution >= 0.6 is 11.3 Å². The second kappa shape index (κ2) is 6.55. The van der Waals surface area contributed by atoms with Crippen molar-refractivity contribution in [3.63, 3.8) is 0 Å². The molecule has 0 atom stereocenters. The lowest BCUT2D eigenvalue weighted by atomic mass is 9.73. The minimum Gasteiger partial charge on any atom is -0.330 e. The van der Waals surface area contributed by atoms with E-state index in [1.807, 2.05) is 11.3 Å². The van der Waals surface area contributed by atoms with E-state index in [2.05, 4.69) is 16.8 Å². The molecule has 0 unspecified atom stereocenters. The number of hydrogen-bond donors (Lipinski definition) is 1. The van der Waals surface area contributed by atoms with E-state index >= 15 is 0 Å². The van der Waals surface area contributed by atoms with Gasteiger partial charge in [-0.15, -0.1) is 0 Å². The number of aryl methyl sites for hydroxylation is 1. The topological polar surface area (TPSA) is 26.0 Å². The van der Waals surface area contributed by atoms with Gasteiger partial charge in [-0.05, 0) is 60.0 Å². The molecule has 1 fully saturated rings. The Balaban J connectivity index is 1.91. The maximum absolute atomic E-state index is 6.10. The second-order valence-electron chi connectivity index (χ2n) is 5.60. The van der Waals surface area contributed by atoms with E-state index in [1.165, 1.54) is 63.4 Å². The predicted molar refractivity (Wildman–Crippen MR) is 76.4 cm³/mol. The molecule has 0 bridgehead atoms. The van der Waals surface area contributed by atoms with Gasteiger partial charge in [0.05, 0.1) is 0 Å². The summed E-state index contributed by atoms with van der Waals surface area (Å²) in [5, 5.41) is 4.47. The number of nitrogens with two attached hydrogens (primary N) is 1. The SMILES string of the molecule is NCC1(CCc2ccsc2)CCCCCCC1. The Bertz CT molecular complexity index is 297. The zero-order valence-corrected chi connectivity index (χ0v) is 11.6. The summed E-state index contributed by atoms with van der Waals surface area (Å²) in [6, 6.07) is 2.26. The highest BCUT2D eigenvalue weighted by Crippen LogP contribution is 2.37. The van der Waals surface area contributed by atoms with Crippen molar-refractivity contribution in [2.75, 3.05) is 6.54 Å². The van der Waals surface area contributed by atoms with Crippen molar-refractivity contribution in [3.8, 4) is 0 Å². The van der Waals surface area contributed by atoms with Crippen LogP contribution in [0.1, 0.15) is 56.9 Å². The van der Waals surface area contributed by atoms with Crippen LogP contribution < -0.4 is 5.73 Å². The van der Waals surface area contributed by atoms with Crippen molar-refractivity contribution in [3.05, 3.63) is 22.4 Å². The Morgan fingerprint density at radius 2 is 1.82 bits per heavy atom. The molecule has 0 radical (unpaired) electrons. The van der Waals surface area contributed by atoms with Gasteiger partial charge in [-0.1, -0.05) is 32.1 Å². The van der Waals surface area contributed by atoms with Crippen LogP contribution in [0.3, 0.4) is 0 Å². The van der Waals surface area contributed by atoms with Crippen molar-refractivity contribution >= 4 is 11.3 Å². The minimum atomic E-state index is 0.447. The number of hydrogen-bond acceptors (Lipinski definition) is 2. The van der Waals surface area contributed by atoms with Crippen molar-refractivity contribution < 1.29 is 0 Å². The molecular weight excluding hydrogens is 226 g/mol. The van der Waals surface area contributed by atoms with Crippen LogP contribution in [0.5, 0.6) is 0 Å². The van der Waals surface area contributed by atoms with Crippen molar-refractivity contribution in [1.29, 1.82) is 0 Å². The fourth-order valence-corrected chi connectivity index (χ4v) is 3.76. The van der Waals surface area contributed by atoms with E-state index in [-0.39, 0.29) is 0 Å². The molecule has 1 aliphatic carbocycles. The summed E-state index contributed by atoms with van der Waals surface area (Å²) < 4.78 is 0. The van der Waals surface area contributed by atoms with Gasteiger partial charge in [0, 0.05) is 0 Å². The van der Waals surface area contributed by atoms with Gasteiger partial charge >= 0.3 is 0 Å². The normalized spacial score (nSPS) is 20.8. The minimum absolute atomic E-state index is 0.447. The summed E-state index contributed by atoms with van der Waals surface area (Å²) in [4.78, 5) is 0. The molecule has 2 rings (SSSR count). The molecule has 2 N–H and O–H groups in total. The van der Waals surface area contributed by atoms with Crippen molar-refractivity contribution in [1.82, 2.24) is 0 Å². The van der Waals surface area contributed by atoms with Crippen LogP contribution in [-0.2, 0) is 6.42 Å². The van der Waals surface area contributed by atoms with Crippen LogP contribution in [0.15, 0.2) is 16.8 Å². The van der Waals surface area contributed by atoms with Crippen LogP contribution in [0, 0.1) is 5.41 Å². The average Bonchev–Trinajstić information content (AvgIpc) is 2.82. The summed E-state index contributed by atoms with van der Waals surface area (Å²) in [7, 11) is 0. The first-order valence-electron chi connectivity index (χ1n) is 7.06. The van der Waals surface area contributed by atoms with Gasteiger partial charge in [0.1, 0.15) is 0 Å². The van der Waals surface area contributed by atoms with Crippen LogP contribution in [0.2, 0.25) is 0 Å². The fraction of sp³-hybridized carbons (Fsp3) is 0.733. The molecule has 0 amide bonds. The van der Waals surface area contributed by atoms with Gasteiger partial charge in [-0.3, -0.25) is 0 Å². The molecule has 1 aromatic rings. The van der Waals surface area contributed by atoms with Gasteiger partial charge in [-0.25, -0.2) is 0 Å². The molecule has 17 heavy (non-hydrogen) atoms. The Kier molecular flexibility index (Phi) is 5.05. The highest BCUT2D eigenvalue weighted by atomic mass is 32.1. The van der Waals surface area contributed by atoms with Crippen LogP contribution in [0.25, 0.3) is 0 Å². The van der Waals surface area contributed by atoms with E-state index in [9.17, 15) is 0 Å². The standard InChI is InChI=1S/C15H25NS/c16-13-15(8-4-2-1-3-5-9-15)10-6-14-7-11-17-12-14/h7,11-12H,1-6,8-10,13,16H2. The van der Waals surface area contributed by atoms with Gasteiger partial charge in [0.15, 0.2) is 0 Å². The summed E-state index contributed by atoms with van der Waals surface area (Å²) in [6.45, 7) is 0.886. The molecule has 0 aliphatic heterocycles. The molecular formula is C15H25NS. The smallest absolute Gasteiger partial charge is 0.00204 e. The highest BCUT2D eigenvalue weighted by Gasteiger charge is 2.28. The Hall–Kier alpha value is -0.340. The van der Waals surface area contributed by atoms with Gasteiger partial charge < -0.3 is 5.73 Å². The zero-order valence-electron chi connectivity index (χ0n) is 10.8. The summed E-state index contributed by atoms with van der Waals surface area (Å²) >= 11 is 1.81. The molecule has 0 saturated heterocycles. The zero-order chi connectivity index (χ0) is 12.0. The van der Waals surface area contributed by atoms with Gasteiger partial charge in [0.25, 0.3) is 0 Å². The number of rotatable bonds is 4. The quantitative estimate of drug-likeness (QED) is 0.845. The van der Waals surface area contributed by atoms with Gasteiger partial charge in [-0.2, -0.15) is 11.3 Å². The Labute approximate surface area is 109 Å². The molecule has 1 aromatic heterocycles. The van der Waals surface area contributed by atoms with E-state index in [0.29, 0.717) is 5.41 Å². The van der Waals surface area contributed by atoms with E-state index in [0.717, 1.165) is 6.54 Å². The third kappa shape index (κ3) is 3.82. The van der Waals surface area contributed by atoms with Crippen molar-refractivity contribution in [2.24, 2.45) is 11.1 Å². The lowest BCUT2D eigenvalue weighted by Crippen LogP contribution is -2.32. The monoisotopic (exact) mass is 251 g/mol. The number of thiophene rings is 1. The second-order valence-corrected chi connectivity index (χ2v) is 6.38. The molecule has 1 saturated carbocycles. The third-order valence-electron chi connectivity index (χ3n) is 4.37. The van der Waals surface area contributed by atoms with Gasteiger partial charge in [0.2, 0.25) is 0 Å². The van der Waals surface area contributed by atoms with E-state index in [4.69, 9.17) is 5.73 Å². The first kappa shape index (κ1) is 13.1. The van der Waals surface area contributed by atoms with Crippen LogP contribution in [0.4, 0.5) is 0 Å². The molecule has 0 aromatic carbocycles. The van der Waals surface area contributed by atoms with E-state index < -0.39 is 0 Å². The molecule has 1 aliphatic rings. The maximum Gasteiger partial charge on any atom is -0.00204 e. The molecule has 0 spiro atoms. The maximum atomic E-state index is 6.10. The Morgan fingerprint density at radius 3 is 2.41 bits per heavy atom. The van der Waals surface area contributed by atoms with Crippen molar-refractivity contribution in [2.45, 2.75) is 57.8 Å². The lowest BCUT2D eigenvalue weighted by Gasteiger charge is -2.34. The molecule has 2 heteroatoms. The summed E-state index contributed by atoms with van der Waals surface area (Å²) in [5.74, 6) is 0. The average molecular weight is 251 g/mol. The summed E-state index contributed by atoms with van der Waals surface area (Å²) in [5.41, 5.74) is 8.05. The molecule has 96 valence electrons. The Morgan fingerprint density at radius 1 is 1.12 bits per heavy atom. The highest BCUT2D eigenvalue weighted by molar-refractivity contribution is 7.07. The summed E-state index contributed by atoms with van der Waals surface area (Å²) in [6.07, 6.45) is 12.3. The van der Waals surface area contributed by atoms with Crippen LogP contribution in [-0.4, -0.2) is 6.54 Å². The first-order valence-corrected chi connectivity index (χ1v) is 8.00. The first-order chi connectivity index (χ1) is 8.35. The predicted octanol–water partition coefficient (Wildman–Crippen LogP) is 4.37. The third-order valence-corrected chi connectivity index (χ3v) is 5.10. The molecule has 1 heterocycles. The van der Waals surface area contributed by atoms with E-state index in [1.54, 1.807) is 0 Å².